The number of aliphatic carboxylic acids is 1. The van der Waals surface area contributed by atoms with E-state index in [9.17, 15) is 4.79 Å². The number of carboxylic acids is 1. The van der Waals surface area contributed by atoms with Gasteiger partial charge in [-0.25, -0.2) is 0 Å². The first-order valence-electron chi connectivity index (χ1n) is 7.07. The maximum Gasteiger partial charge on any atom is 0.303 e. The maximum atomic E-state index is 10.5. The normalized spacial score (nSPS) is 26.7. The molecular weight excluding hydrogens is 214 g/mol. The molecule has 1 unspecified atom stereocenters. The molecule has 0 aliphatic heterocycles. The Morgan fingerprint density at radius 1 is 1.29 bits per heavy atom. The lowest BCUT2D eigenvalue weighted by Crippen LogP contribution is -2.33. The smallest absolute Gasteiger partial charge is 0.303 e. The fourth-order valence-electron chi connectivity index (χ4n) is 2.65. The van der Waals surface area contributed by atoms with E-state index in [0.717, 1.165) is 24.8 Å². The summed E-state index contributed by atoms with van der Waals surface area (Å²) in [6.07, 6.45) is 7.79. The van der Waals surface area contributed by atoms with Crippen molar-refractivity contribution in [2.75, 3.05) is 6.54 Å². The molecule has 1 fully saturated rings. The summed E-state index contributed by atoms with van der Waals surface area (Å²) in [5, 5.41) is 12.1. The molecule has 3 heteroatoms. The number of carboxylic acid groups (broad SMARTS) is 1. The van der Waals surface area contributed by atoms with Crippen molar-refractivity contribution in [3.8, 4) is 0 Å². The van der Waals surface area contributed by atoms with Crippen LogP contribution in [-0.4, -0.2) is 23.7 Å². The molecule has 0 aromatic heterocycles. The van der Waals surface area contributed by atoms with Crippen LogP contribution in [0.3, 0.4) is 0 Å². The maximum absolute atomic E-state index is 10.5. The molecular formula is C14H27NO2. The second-order valence-electron chi connectivity index (χ2n) is 5.54. The molecule has 3 nitrogen and oxygen atoms in total. The minimum Gasteiger partial charge on any atom is -0.481 e. The zero-order chi connectivity index (χ0) is 12.7. The van der Waals surface area contributed by atoms with Gasteiger partial charge in [0.05, 0.1) is 0 Å². The molecule has 0 heterocycles. The number of carbonyl (C=O) groups is 1. The van der Waals surface area contributed by atoms with Crippen LogP contribution in [0, 0.1) is 11.8 Å². The van der Waals surface area contributed by atoms with Crippen LogP contribution in [0.2, 0.25) is 0 Å². The summed E-state index contributed by atoms with van der Waals surface area (Å²) in [4.78, 5) is 10.5. The Hall–Kier alpha value is -0.570. The topological polar surface area (TPSA) is 49.3 Å². The van der Waals surface area contributed by atoms with Crippen LogP contribution in [0.25, 0.3) is 0 Å². The summed E-state index contributed by atoms with van der Waals surface area (Å²) in [6, 6.07) is 0.329. The van der Waals surface area contributed by atoms with Gasteiger partial charge < -0.3 is 10.4 Å². The second kappa shape index (κ2) is 7.70. The molecule has 1 atom stereocenters. The Kier molecular flexibility index (Phi) is 6.56. The van der Waals surface area contributed by atoms with Gasteiger partial charge in [-0.1, -0.05) is 26.2 Å². The van der Waals surface area contributed by atoms with E-state index in [1.54, 1.807) is 0 Å². The Morgan fingerprint density at radius 3 is 2.41 bits per heavy atom. The fraction of sp³-hybridized carbons (Fsp3) is 0.929. The summed E-state index contributed by atoms with van der Waals surface area (Å²) in [5.74, 6) is 1.07. The van der Waals surface area contributed by atoms with Crippen LogP contribution in [0.4, 0.5) is 0 Å². The highest BCUT2D eigenvalue weighted by molar-refractivity contribution is 5.66. The van der Waals surface area contributed by atoms with E-state index < -0.39 is 5.97 Å². The van der Waals surface area contributed by atoms with E-state index in [2.05, 4.69) is 19.2 Å². The van der Waals surface area contributed by atoms with Crippen molar-refractivity contribution in [2.45, 2.75) is 64.8 Å². The third-order valence-corrected chi connectivity index (χ3v) is 4.09. The van der Waals surface area contributed by atoms with Gasteiger partial charge in [0.25, 0.3) is 0 Å². The predicted octanol–water partition coefficient (Wildman–Crippen LogP) is 3.05. The summed E-state index contributed by atoms with van der Waals surface area (Å²) < 4.78 is 0. The molecule has 100 valence electrons. The van der Waals surface area contributed by atoms with E-state index in [1.165, 1.54) is 32.1 Å². The molecule has 0 radical (unpaired) electrons. The van der Waals surface area contributed by atoms with Gasteiger partial charge in [0.1, 0.15) is 0 Å². The van der Waals surface area contributed by atoms with Gasteiger partial charge >= 0.3 is 5.97 Å². The second-order valence-corrected chi connectivity index (χ2v) is 5.54. The van der Waals surface area contributed by atoms with Gasteiger partial charge in [0.15, 0.2) is 0 Å². The number of rotatable bonds is 7. The molecule has 0 bridgehead atoms. The van der Waals surface area contributed by atoms with Crippen LogP contribution < -0.4 is 5.32 Å². The van der Waals surface area contributed by atoms with E-state index in [-0.39, 0.29) is 6.42 Å². The van der Waals surface area contributed by atoms with Crippen molar-refractivity contribution >= 4 is 5.97 Å². The average molecular weight is 241 g/mol. The van der Waals surface area contributed by atoms with Crippen molar-refractivity contribution in [2.24, 2.45) is 11.8 Å². The number of hydrogen-bond acceptors (Lipinski definition) is 2. The molecule has 0 spiro atoms. The predicted molar refractivity (Wildman–Crippen MR) is 70.1 cm³/mol. The summed E-state index contributed by atoms with van der Waals surface area (Å²) in [7, 11) is 0. The lowest BCUT2D eigenvalue weighted by atomic mass is 9.81. The van der Waals surface area contributed by atoms with Gasteiger partial charge in [-0.2, -0.15) is 0 Å². The highest BCUT2D eigenvalue weighted by Gasteiger charge is 2.20. The van der Waals surface area contributed by atoms with Crippen molar-refractivity contribution in [3.05, 3.63) is 0 Å². The monoisotopic (exact) mass is 241 g/mol. The zero-order valence-corrected chi connectivity index (χ0v) is 11.2. The Labute approximate surface area is 105 Å². The van der Waals surface area contributed by atoms with Gasteiger partial charge in [-0.3, -0.25) is 4.79 Å². The van der Waals surface area contributed by atoms with Crippen molar-refractivity contribution in [1.82, 2.24) is 5.32 Å². The standard InChI is InChI=1S/C14H27NO2/c1-3-12-5-7-13(8-6-12)10-15-11(2)4-9-14(16)17/h11-13,15H,3-10H2,1-2H3,(H,16,17). The van der Waals surface area contributed by atoms with Crippen LogP contribution in [0.5, 0.6) is 0 Å². The zero-order valence-electron chi connectivity index (χ0n) is 11.2. The van der Waals surface area contributed by atoms with Gasteiger partial charge in [0, 0.05) is 12.5 Å². The molecule has 0 aromatic rings. The summed E-state index contributed by atoms with van der Waals surface area (Å²) >= 11 is 0. The quantitative estimate of drug-likeness (QED) is 0.720. The van der Waals surface area contributed by atoms with Crippen molar-refractivity contribution in [3.63, 3.8) is 0 Å². The first kappa shape index (κ1) is 14.5. The van der Waals surface area contributed by atoms with E-state index in [1.807, 2.05) is 0 Å². The lowest BCUT2D eigenvalue weighted by Gasteiger charge is -2.28. The minimum absolute atomic E-state index is 0.275. The lowest BCUT2D eigenvalue weighted by molar-refractivity contribution is -0.137. The molecule has 1 aliphatic carbocycles. The Bertz CT molecular complexity index is 222. The number of nitrogens with one attached hydrogen (secondary N) is 1. The van der Waals surface area contributed by atoms with Gasteiger partial charge in [0.2, 0.25) is 0 Å². The van der Waals surface area contributed by atoms with Gasteiger partial charge in [-0.15, -0.1) is 0 Å². The highest BCUT2D eigenvalue weighted by atomic mass is 16.4. The van der Waals surface area contributed by atoms with Crippen LogP contribution in [0.1, 0.15) is 58.8 Å². The fourth-order valence-corrected chi connectivity index (χ4v) is 2.65. The van der Waals surface area contributed by atoms with Crippen LogP contribution in [-0.2, 0) is 4.79 Å². The summed E-state index contributed by atoms with van der Waals surface area (Å²) in [6.45, 7) is 5.44. The minimum atomic E-state index is -0.692. The van der Waals surface area contributed by atoms with Crippen LogP contribution >= 0.6 is 0 Å². The first-order chi connectivity index (χ1) is 8.11. The Morgan fingerprint density at radius 2 is 1.88 bits per heavy atom. The molecule has 0 amide bonds. The van der Waals surface area contributed by atoms with Gasteiger partial charge in [-0.05, 0) is 44.6 Å². The third-order valence-electron chi connectivity index (χ3n) is 4.09. The molecule has 1 saturated carbocycles. The Balaban J connectivity index is 2.08. The molecule has 0 aromatic carbocycles. The SMILES string of the molecule is CCC1CCC(CNC(C)CCC(=O)O)CC1. The van der Waals surface area contributed by atoms with Crippen molar-refractivity contribution < 1.29 is 9.90 Å². The third kappa shape index (κ3) is 6.06. The highest BCUT2D eigenvalue weighted by Crippen LogP contribution is 2.30. The van der Waals surface area contributed by atoms with E-state index >= 15 is 0 Å². The average Bonchev–Trinajstić information content (AvgIpc) is 2.34. The molecule has 0 saturated heterocycles. The van der Waals surface area contributed by atoms with Crippen LogP contribution in [0.15, 0.2) is 0 Å². The summed E-state index contributed by atoms with van der Waals surface area (Å²) in [5.41, 5.74) is 0. The van der Waals surface area contributed by atoms with Crippen molar-refractivity contribution in [1.29, 1.82) is 0 Å². The van der Waals surface area contributed by atoms with E-state index in [4.69, 9.17) is 5.11 Å². The molecule has 1 rings (SSSR count). The first-order valence-corrected chi connectivity index (χ1v) is 7.07. The molecule has 1 aliphatic rings. The largest absolute Gasteiger partial charge is 0.481 e. The molecule has 2 N–H and O–H groups in total. The van der Waals surface area contributed by atoms with E-state index in [0.29, 0.717) is 6.04 Å². The molecule has 17 heavy (non-hydrogen) atoms. The number of hydrogen-bond donors (Lipinski definition) is 2.